The minimum absolute atomic E-state index is 0.158. The van der Waals surface area contributed by atoms with Crippen molar-refractivity contribution in [1.82, 2.24) is 15.2 Å². The number of methoxy groups -OCH3 is 1. The number of fused-ring (bicyclic) bond motifs is 1. The van der Waals surface area contributed by atoms with Gasteiger partial charge in [0.1, 0.15) is 19.0 Å². The van der Waals surface area contributed by atoms with Crippen LogP contribution in [0.2, 0.25) is 0 Å². The SMILES string of the molecule is COc1cc2c(cc1CN1C[C@@H](c3cccnc3)[C@@]3(CCCCC(=O)N3)C1)OCCO2. The number of carbonyl (C=O) groups excluding carboxylic acids is 1. The Morgan fingerprint density at radius 1 is 1.26 bits per heavy atom. The fourth-order valence-corrected chi connectivity index (χ4v) is 5.31. The highest BCUT2D eigenvalue weighted by molar-refractivity contribution is 5.77. The van der Waals surface area contributed by atoms with Gasteiger partial charge < -0.3 is 19.5 Å². The monoisotopic (exact) mass is 423 g/mol. The molecule has 3 aliphatic heterocycles. The van der Waals surface area contributed by atoms with Crippen LogP contribution in [0, 0.1) is 0 Å². The summed E-state index contributed by atoms with van der Waals surface area (Å²) in [5.41, 5.74) is 1.98. The molecule has 2 fully saturated rings. The molecule has 0 radical (unpaired) electrons. The zero-order chi connectivity index (χ0) is 21.3. The van der Waals surface area contributed by atoms with Crippen molar-refractivity contribution in [2.75, 3.05) is 33.4 Å². The number of pyridine rings is 1. The molecule has 0 saturated carbocycles. The van der Waals surface area contributed by atoms with Crippen molar-refractivity contribution in [3.05, 3.63) is 47.8 Å². The molecule has 2 atom stereocenters. The molecule has 31 heavy (non-hydrogen) atoms. The van der Waals surface area contributed by atoms with Gasteiger partial charge in [-0.15, -0.1) is 0 Å². The first-order chi connectivity index (χ1) is 15.2. The van der Waals surface area contributed by atoms with E-state index in [1.807, 2.05) is 24.4 Å². The van der Waals surface area contributed by atoms with Crippen LogP contribution < -0.4 is 19.5 Å². The van der Waals surface area contributed by atoms with Crippen molar-refractivity contribution in [3.63, 3.8) is 0 Å². The number of nitrogens with zero attached hydrogens (tertiary/aromatic N) is 2. The highest BCUT2D eigenvalue weighted by Crippen LogP contribution is 2.43. The predicted molar refractivity (Wildman–Crippen MR) is 116 cm³/mol. The lowest BCUT2D eigenvalue weighted by Gasteiger charge is -2.35. The molecule has 3 aliphatic rings. The van der Waals surface area contributed by atoms with Gasteiger partial charge in [-0.3, -0.25) is 14.7 Å². The zero-order valence-electron chi connectivity index (χ0n) is 17.9. The molecular formula is C24H29N3O4. The quantitative estimate of drug-likeness (QED) is 0.815. The standard InChI is InChI=1S/C24H29N3O4/c1-29-20-12-22-21(30-9-10-31-22)11-18(20)14-27-15-19(17-5-4-8-25-13-17)24(16-27)7-3-2-6-23(28)26-24/h4-5,8,11-13,19H,2-3,6-7,9-10,14-16H2,1H3,(H,26,28)/t19-,24+/m0/s1. The van der Waals surface area contributed by atoms with E-state index in [1.165, 1.54) is 5.56 Å². The van der Waals surface area contributed by atoms with Crippen LogP contribution in [0.1, 0.15) is 42.7 Å². The number of nitrogens with one attached hydrogen (secondary N) is 1. The number of rotatable bonds is 4. The van der Waals surface area contributed by atoms with Gasteiger partial charge in [0.25, 0.3) is 0 Å². The fourth-order valence-electron chi connectivity index (χ4n) is 5.31. The van der Waals surface area contributed by atoms with Gasteiger partial charge in [-0.05, 0) is 30.5 Å². The van der Waals surface area contributed by atoms with Crippen LogP contribution in [0.4, 0.5) is 0 Å². The van der Waals surface area contributed by atoms with Gasteiger partial charge in [-0.2, -0.15) is 0 Å². The normalized spacial score (nSPS) is 25.8. The lowest BCUT2D eigenvalue weighted by Crippen LogP contribution is -2.52. The topological polar surface area (TPSA) is 72.9 Å². The molecule has 164 valence electrons. The molecule has 1 aromatic carbocycles. The van der Waals surface area contributed by atoms with E-state index in [-0.39, 0.29) is 17.4 Å². The van der Waals surface area contributed by atoms with Gasteiger partial charge in [-0.1, -0.05) is 12.5 Å². The number of benzene rings is 1. The molecule has 2 saturated heterocycles. The molecule has 0 bridgehead atoms. The van der Waals surface area contributed by atoms with Crippen molar-refractivity contribution in [1.29, 1.82) is 0 Å². The highest BCUT2D eigenvalue weighted by Gasteiger charge is 2.48. The second-order valence-corrected chi connectivity index (χ2v) is 8.73. The van der Waals surface area contributed by atoms with E-state index in [0.717, 1.165) is 55.2 Å². The molecule has 2 aromatic rings. The molecule has 5 rings (SSSR count). The van der Waals surface area contributed by atoms with Gasteiger partial charge in [0.05, 0.1) is 12.6 Å². The maximum atomic E-state index is 12.6. The summed E-state index contributed by atoms with van der Waals surface area (Å²) in [6, 6.07) is 8.06. The Balaban J connectivity index is 1.45. The van der Waals surface area contributed by atoms with E-state index in [1.54, 1.807) is 13.3 Å². The average molecular weight is 424 g/mol. The van der Waals surface area contributed by atoms with Crippen LogP contribution in [0.3, 0.4) is 0 Å². The molecule has 7 nitrogen and oxygen atoms in total. The minimum Gasteiger partial charge on any atom is -0.496 e. The molecule has 1 spiro atoms. The first kappa shape index (κ1) is 20.1. The maximum absolute atomic E-state index is 12.6. The third-order valence-electron chi connectivity index (χ3n) is 6.70. The number of likely N-dealkylation sites (tertiary alicyclic amines) is 1. The molecular weight excluding hydrogens is 394 g/mol. The van der Waals surface area contributed by atoms with E-state index in [0.29, 0.717) is 26.2 Å². The van der Waals surface area contributed by atoms with Crippen LogP contribution in [-0.2, 0) is 11.3 Å². The third kappa shape index (κ3) is 3.94. The zero-order valence-corrected chi connectivity index (χ0v) is 17.9. The summed E-state index contributed by atoms with van der Waals surface area (Å²) in [4.78, 5) is 19.3. The van der Waals surface area contributed by atoms with Crippen molar-refractivity contribution < 1.29 is 19.0 Å². The van der Waals surface area contributed by atoms with Crippen LogP contribution in [-0.4, -0.2) is 54.7 Å². The Morgan fingerprint density at radius 3 is 2.87 bits per heavy atom. The van der Waals surface area contributed by atoms with Gasteiger partial charge >= 0.3 is 0 Å². The maximum Gasteiger partial charge on any atom is 0.220 e. The molecule has 0 aliphatic carbocycles. The summed E-state index contributed by atoms with van der Waals surface area (Å²) >= 11 is 0. The highest BCUT2D eigenvalue weighted by atomic mass is 16.6. The van der Waals surface area contributed by atoms with Gasteiger partial charge in [0, 0.05) is 56.0 Å². The summed E-state index contributed by atoms with van der Waals surface area (Å²) in [5, 5.41) is 3.41. The first-order valence-electron chi connectivity index (χ1n) is 11.1. The number of hydrogen-bond acceptors (Lipinski definition) is 6. The summed E-state index contributed by atoms with van der Waals surface area (Å²) < 4.78 is 17.2. The molecule has 1 aromatic heterocycles. The van der Waals surface area contributed by atoms with Gasteiger partial charge in [0.15, 0.2) is 11.5 Å². The minimum atomic E-state index is -0.266. The van der Waals surface area contributed by atoms with Crippen LogP contribution in [0.25, 0.3) is 0 Å². The number of hydrogen-bond donors (Lipinski definition) is 1. The Morgan fingerprint density at radius 2 is 2.10 bits per heavy atom. The molecule has 7 heteroatoms. The van der Waals surface area contributed by atoms with E-state index < -0.39 is 0 Å². The lowest BCUT2D eigenvalue weighted by molar-refractivity contribution is -0.122. The molecule has 0 unspecified atom stereocenters. The summed E-state index contributed by atoms with van der Waals surface area (Å²) in [7, 11) is 1.68. The smallest absolute Gasteiger partial charge is 0.220 e. The molecule has 1 N–H and O–H groups in total. The Hall–Kier alpha value is -2.80. The van der Waals surface area contributed by atoms with Crippen molar-refractivity contribution in [2.24, 2.45) is 0 Å². The van der Waals surface area contributed by atoms with E-state index in [9.17, 15) is 4.79 Å². The first-order valence-corrected chi connectivity index (χ1v) is 11.1. The second kappa shape index (κ2) is 8.38. The number of carbonyl (C=O) groups is 1. The van der Waals surface area contributed by atoms with Gasteiger partial charge in [0.2, 0.25) is 5.91 Å². The van der Waals surface area contributed by atoms with E-state index in [2.05, 4.69) is 21.3 Å². The van der Waals surface area contributed by atoms with Crippen LogP contribution >= 0.6 is 0 Å². The predicted octanol–water partition coefficient (Wildman–Crippen LogP) is 2.89. The van der Waals surface area contributed by atoms with E-state index >= 15 is 0 Å². The van der Waals surface area contributed by atoms with Crippen molar-refractivity contribution in [2.45, 2.75) is 43.7 Å². The van der Waals surface area contributed by atoms with Crippen molar-refractivity contribution in [3.8, 4) is 17.2 Å². The fraction of sp³-hybridized carbons (Fsp3) is 0.500. The number of aromatic nitrogens is 1. The average Bonchev–Trinajstić information content (AvgIpc) is 3.02. The molecule has 1 amide bonds. The van der Waals surface area contributed by atoms with Gasteiger partial charge in [-0.25, -0.2) is 0 Å². The summed E-state index contributed by atoms with van der Waals surface area (Å²) in [6.07, 6.45) is 7.33. The Kier molecular flexibility index (Phi) is 5.44. The van der Waals surface area contributed by atoms with Crippen molar-refractivity contribution >= 4 is 5.91 Å². The number of ether oxygens (including phenoxy) is 3. The molecule has 4 heterocycles. The Labute approximate surface area is 182 Å². The lowest BCUT2D eigenvalue weighted by atomic mass is 9.79. The van der Waals surface area contributed by atoms with Crippen LogP contribution in [0.15, 0.2) is 36.7 Å². The largest absolute Gasteiger partial charge is 0.496 e. The third-order valence-corrected chi connectivity index (χ3v) is 6.70. The number of amides is 1. The summed E-state index contributed by atoms with van der Waals surface area (Å²) in [6.45, 7) is 3.48. The Bertz CT molecular complexity index is 951. The van der Waals surface area contributed by atoms with E-state index in [4.69, 9.17) is 14.2 Å². The summed E-state index contributed by atoms with van der Waals surface area (Å²) in [5.74, 6) is 2.65. The second-order valence-electron chi connectivity index (χ2n) is 8.73. The van der Waals surface area contributed by atoms with Crippen LogP contribution in [0.5, 0.6) is 17.2 Å².